The van der Waals surface area contributed by atoms with E-state index in [1.165, 1.54) is 0 Å². The molecule has 1 aromatic heterocycles. The predicted octanol–water partition coefficient (Wildman–Crippen LogP) is 1.35. The lowest BCUT2D eigenvalue weighted by Gasteiger charge is -2.35. The second kappa shape index (κ2) is 6.16. The topological polar surface area (TPSA) is 36.4 Å². The molecule has 2 rings (SSSR count). The van der Waals surface area contributed by atoms with Gasteiger partial charge in [0.1, 0.15) is 5.38 Å². The molecule has 0 spiro atoms. The van der Waals surface area contributed by atoms with E-state index in [-0.39, 0.29) is 5.91 Å². The van der Waals surface area contributed by atoms with Gasteiger partial charge in [-0.25, -0.2) is 0 Å². The molecule has 98 valence electrons. The molecule has 5 heteroatoms. The lowest BCUT2D eigenvalue weighted by Crippen LogP contribution is -2.50. The third-order valence-corrected chi connectivity index (χ3v) is 3.32. The third-order valence-electron chi connectivity index (χ3n) is 3.14. The summed E-state index contributed by atoms with van der Waals surface area (Å²) in [6, 6.07) is 5.94. The number of aromatic nitrogens is 1. The monoisotopic (exact) mass is 267 g/mol. The summed E-state index contributed by atoms with van der Waals surface area (Å²) in [7, 11) is 0. The number of carbonyl (C=O) groups is 1. The Morgan fingerprint density at radius 3 is 2.67 bits per heavy atom. The van der Waals surface area contributed by atoms with E-state index in [0.717, 1.165) is 38.4 Å². The van der Waals surface area contributed by atoms with E-state index >= 15 is 0 Å². The maximum Gasteiger partial charge on any atom is 0.240 e. The third kappa shape index (κ3) is 3.43. The van der Waals surface area contributed by atoms with Crippen LogP contribution in [0.25, 0.3) is 0 Å². The highest BCUT2D eigenvalue weighted by molar-refractivity contribution is 6.30. The zero-order chi connectivity index (χ0) is 13.0. The fourth-order valence-electron chi connectivity index (χ4n) is 2.10. The number of hydrogen-bond acceptors (Lipinski definition) is 3. The summed E-state index contributed by atoms with van der Waals surface area (Å²) < 4.78 is 0. The van der Waals surface area contributed by atoms with Crippen molar-refractivity contribution < 1.29 is 4.79 Å². The first-order valence-electron chi connectivity index (χ1n) is 6.22. The summed E-state index contributed by atoms with van der Waals surface area (Å²) in [5.41, 5.74) is 1.07. The highest BCUT2D eigenvalue weighted by atomic mass is 35.5. The fraction of sp³-hybridized carbons (Fsp3) is 0.538. The van der Waals surface area contributed by atoms with Crippen molar-refractivity contribution in [3.8, 4) is 0 Å². The molecule has 1 atom stereocenters. The summed E-state index contributed by atoms with van der Waals surface area (Å²) in [4.78, 5) is 20.2. The van der Waals surface area contributed by atoms with Crippen molar-refractivity contribution >= 4 is 17.5 Å². The van der Waals surface area contributed by atoms with Crippen LogP contribution >= 0.6 is 11.6 Å². The van der Waals surface area contributed by atoms with Crippen molar-refractivity contribution in [3.05, 3.63) is 30.1 Å². The average Bonchev–Trinajstić information content (AvgIpc) is 2.40. The number of hydrogen-bond donors (Lipinski definition) is 0. The van der Waals surface area contributed by atoms with Gasteiger partial charge in [0.05, 0.1) is 5.69 Å². The van der Waals surface area contributed by atoms with Gasteiger partial charge in [0.25, 0.3) is 0 Å². The molecule has 1 saturated heterocycles. The summed E-state index contributed by atoms with van der Waals surface area (Å²) in [5.74, 6) is 0.0363. The zero-order valence-corrected chi connectivity index (χ0v) is 11.3. The minimum Gasteiger partial charge on any atom is -0.339 e. The number of nitrogens with zero attached hydrogens (tertiary/aromatic N) is 3. The van der Waals surface area contributed by atoms with E-state index < -0.39 is 5.38 Å². The number of pyridine rings is 1. The van der Waals surface area contributed by atoms with E-state index in [1.807, 2.05) is 29.3 Å². The Balaban J connectivity index is 1.82. The second-order valence-corrected chi connectivity index (χ2v) is 5.19. The maximum atomic E-state index is 11.7. The Kier molecular flexibility index (Phi) is 4.55. The molecule has 1 aliphatic rings. The summed E-state index contributed by atoms with van der Waals surface area (Å²) in [6.07, 6.45) is 1.81. The summed E-state index contributed by atoms with van der Waals surface area (Å²) in [6.45, 7) is 5.84. The molecular formula is C13H18ClN3O. The largest absolute Gasteiger partial charge is 0.339 e. The van der Waals surface area contributed by atoms with E-state index in [2.05, 4.69) is 9.88 Å². The molecule has 1 fully saturated rings. The smallest absolute Gasteiger partial charge is 0.240 e. The molecule has 0 radical (unpaired) electrons. The molecule has 1 unspecified atom stereocenters. The molecule has 0 saturated carbocycles. The molecule has 0 aromatic carbocycles. The van der Waals surface area contributed by atoms with Gasteiger partial charge in [-0.2, -0.15) is 0 Å². The molecule has 1 aliphatic heterocycles. The molecular weight excluding hydrogens is 250 g/mol. The second-order valence-electron chi connectivity index (χ2n) is 4.54. The first-order chi connectivity index (χ1) is 8.66. The van der Waals surface area contributed by atoms with Crippen molar-refractivity contribution in [1.82, 2.24) is 14.8 Å². The van der Waals surface area contributed by atoms with E-state index in [4.69, 9.17) is 11.6 Å². The Bertz CT molecular complexity index is 388. The van der Waals surface area contributed by atoms with Crippen LogP contribution in [0.5, 0.6) is 0 Å². The Hall–Kier alpha value is -1.13. The lowest BCUT2D eigenvalue weighted by atomic mass is 10.2. The van der Waals surface area contributed by atoms with Crippen LogP contribution in [-0.2, 0) is 11.3 Å². The van der Waals surface area contributed by atoms with Crippen LogP contribution in [0.15, 0.2) is 24.4 Å². The van der Waals surface area contributed by atoms with Crippen LogP contribution in [0, 0.1) is 0 Å². The zero-order valence-electron chi connectivity index (χ0n) is 10.6. The van der Waals surface area contributed by atoms with E-state index in [9.17, 15) is 4.79 Å². The normalized spacial score (nSPS) is 18.7. The molecule has 1 amide bonds. The van der Waals surface area contributed by atoms with Crippen molar-refractivity contribution in [1.29, 1.82) is 0 Å². The number of alkyl halides is 1. The van der Waals surface area contributed by atoms with Crippen molar-refractivity contribution in [2.75, 3.05) is 26.2 Å². The Morgan fingerprint density at radius 1 is 1.39 bits per heavy atom. The Labute approximate surface area is 113 Å². The van der Waals surface area contributed by atoms with Gasteiger partial charge in [0.15, 0.2) is 0 Å². The fourth-order valence-corrected chi connectivity index (χ4v) is 2.24. The lowest BCUT2D eigenvalue weighted by molar-refractivity contribution is -0.132. The van der Waals surface area contributed by atoms with E-state index in [0.29, 0.717) is 0 Å². The van der Waals surface area contributed by atoms with Crippen molar-refractivity contribution in [2.24, 2.45) is 0 Å². The van der Waals surface area contributed by atoms with Gasteiger partial charge in [-0.3, -0.25) is 14.7 Å². The van der Waals surface area contributed by atoms with Gasteiger partial charge in [-0.1, -0.05) is 6.07 Å². The average molecular weight is 268 g/mol. The van der Waals surface area contributed by atoms with Gasteiger partial charge >= 0.3 is 0 Å². The SMILES string of the molecule is CC(Cl)C(=O)N1CCN(Cc2ccccn2)CC1. The molecule has 0 aliphatic carbocycles. The molecule has 4 nitrogen and oxygen atoms in total. The van der Waals surface area contributed by atoms with Crippen LogP contribution < -0.4 is 0 Å². The number of halogens is 1. The number of rotatable bonds is 3. The number of amides is 1. The molecule has 0 bridgehead atoms. The van der Waals surface area contributed by atoms with Gasteiger partial charge in [0, 0.05) is 38.9 Å². The van der Waals surface area contributed by atoms with Gasteiger partial charge in [0.2, 0.25) is 5.91 Å². The van der Waals surface area contributed by atoms with Crippen LogP contribution in [0.2, 0.25) is 0 Å². The van der Waals surface area contributed by atoms with Crippen LogP contribution in [0.3, 0.4) is 0 Å². The molecule has 1 aromatic rings. The molecule has 18 heavy (non-hydrogen) atoms. The van der Waals surface area contributed by atoms with Crippen molar-refractivity contribution in [2.45, 2.75) is 18.8 Å². The van der Waals surface area contributed by atoms with Gasteiger partial charge in [-0.15, -0.1) is 11.6 Å². The van der Waals surface area contributed by atoms with Crippen LogP contribution in [0.1, 0.15) is 12.6 Å². The van der Waals surface area contributed by atoms with E-state index in [1.54, 1.807) is 6.92 Å². The maximum absolute atomic E-state index is 11.7. The van der Waals surface area contributed by atoms with Crippen molar-refractivity contribution in [3.63, 3.8) is 0 Å². The quantitative estimate of drug-likeness (QED) is 0.776. The minimum absolute atomic E-state index is 0.0363. The first kappa shape index (κ1) is 13.3. The molecule has 2 heterocycles. The van der Waals surface area contributed by atoms with Gasteiger partial charge < -0.3 is 4.90 Å². The summed E-state index contributed by atoms with van der Waals surface area (Å²) in [5, 5.41) is -0.424. The minimum atomic E-state index is -0.424. The van der Waals surface area contributed by atoms with Crippen LogP contribution in [0.4, 0.5) is 0 Å². The number of piperazine rings is 1. The standard InChI is InChI=1S/C13H18ClN3O/c1-11(14)13(18)17-8-6-16(7-9-17)10-12-4-2-3-5-15-12/h2-5,11H,6-10H2,1H3. The first-order valence-corrected chi connectivity index (χ1v) is 6.65. The highest BCUT2D eigenvalue weighted by Gasteiger charge is 2.23. The number of carbonyl (C=O) groups excluding carboxylic acids is 1. The molecule has 0 N–H and O–H groups in total. The Morgan fingerprint density at radius 2 is 2.11 bits per heavy atom. The highest BCUT2D eigenvalue weighted by Crippen LogP contribution is 2.09. The summed E-state index contributed by atoms with van der Waals surface area (Å²) >= 11 is 5.81. The predicted molar refractivity (Wildman–Crippen MR) is 71.4 cm³/mol. The van der Waals surface area contributed by atoms with Crippen LogP contribution in [-0.4, -0.2) is 52.2 Å². The van der Waals surface area contributed by atoms with Gasteiger partial charge in [-0.05, 0) is 19.1 Å².